The SMILES string of the molecule is O=C1CN(S(=O)(=O)c2cccc(C(F)(F)F)c2)c2ccccc2N1. The number of nitrogens with zero attached hydrogens (tertiary/aromatic N) is 1. The molecule has 2 aromatic rings. The lowest BCUT2D eigenvalue weighted by Gasteiger charge is -2.30. The lowest BCUT2D eigenvalue weighted by atomic mass is 10.2. The zero-order chi connectivity index (χ0) is 17.5. The number of anilines is 2. The number of rotatable bonds is 2. The van der Waals surface area contributed by atoms with Crippen molar-refractivity contribution in [2.24, 2.45) is 0 Å². The Morgan fingerprint density at radius 2 is 1.75 bits per heavy atom. The molecule has 1 aliphatic rings. The van der Waals surface area contributed by atoms with Gasteiger partial charge in [-0.1, -0.05) is 18.2 Å². The van der Waals surface area contributed by atoms with Crippen LogP contribution in [-0.4, -0.2) is 20.9 Å². The van der Waals surface area contributed by atoms with Gasteiger partial charge < -0.3 is 5.32 Å². The van der Waals surface area contributed by atoms with Gasteiger partial charge >= 0.3 is 6.18 Å². The van der Waals surface area contributed by atoms with E-state index in [1.165, 1.54) is 12.1 Å². The van der Waals surface area contributed by atoms with E-state index in [0.29, 0.717) is 6.07 Å². The van der Waals surface area contributed by atoms with Crippen molar-refractivity contribution < 1.29 is 26.4 Å². The molecule has 1 amide bonds. The van der Waals surface area contributed by atoms with Crippen molar-refractivity contribution in [3.8, 4) is 0 Å². The monoisotopic (exact) mass is 356 g/mol. The minimum atomic E-state index is -4.66. The number of benzene rings is 2. The molecule has 0 fully saturated rings. The van der Waals surface area contributed by atoms with E-state index in [0.717, 1.165) is 22.5 Å². The third kappa shape index (κ3) is 2.82. The summed E-state index contributed by atoms with van der Waals surface area (Å²) in [4.78, 5) is 11.2. The molecule has 1 aliphatic heterocycles. The summed E-state index contributed by atoms with van der Waals surface area (Å²) in [6, 6.07) is 9.61. The molecule has 0 saturated carbocycles. The first-order valence-corrected chi connectivity index (χ1v) is 8.22. The topological polar surface area (TPSA) is 66.5 Å². The number of nitrogens with one attached hydrogen (secondary N) is 1. The third-order valence-electron chi connectivity index (χ3n) is 3.48. The van der Waals surface area contributed by atoms with Gasteiger partial charge in [-0.3, -0.25) is 9.10 Å². The molecule has 3 rings (SSSR count). The van der Waals surface area contributed by atoms with Gasteiger partial charge in [-0.05, 0) is 30.3 Å². The Balaban J connectivity index is 2.11. The van der Waals surface area contributed by atoms with Crippen LogP contribution in [0.5, 0.6) is 0 Å². The van der Waals surface area contributed by atoms with Crippen molar-refractivity contribution in [3.05, 3.63) is 54.1 Å². The van der Waals surface area contributed by atoms with Crippen molar-refractivity contribution in [2.75, 3.05) is 16.2 Å². The Morgan fingerprint density at radius 1 is 1.04 bits per heavy atom. The summed E-state index contributed by atoms with van der Waals surface area (Å²) in [6.07, 6.45) is -4.66. The van der Waals surface area contributed by atoms with E-state index in [2.05, 4.69) is 5.32 Å². The molecule has 1 heterocycles. The predicted molar refractivity (Wildman–Crippen MR) is 81.0 cm³/mol. The number of carbonyl (C=O) groups is 1. The van der Waals surface area contributed by atoms with Gasteiger partial charge in [0.05, 0.1) is 21.8 Å². The highest BCUT2D eigenvalue weighted by molar-refractivity contribution is 7.92. The second kappa shape index (κ2) is 5.52. The molecule has 0 atom stereocenters. The summed E-state index contributed by atoms with van der Waals surface area (Å²) in [5.74, 6) is -0.566. The molecule has 2 aromatic carbocycles. The van der Waals surface area contributed by atoms with Crippen LogP contribution in [0.3, 0.4) is 0 Å². The van der Waals surface area contributed by atoms with Gasteiger partial charge in [0, 0.05) is 0 Å². The molecule has 0 aliphatic carbocycles. The highest BCUT2D eigenvalue weighted by Crippen LogP contribution is 2.35. The van der Waals surface area contributed by atoms with Gasteiger partial charge in [0.2, 0.25) is 5.91 Å². The summed E-state index contributed by atoms with van der Waals surface area (Å²) in [7, 11) is -4.32. The van der Waals surface area contributed by atoms with E-state index < -0.39 is 39.1 Å². The van der Waals surface area contributed by atoms with E-state index in [1.54, 1.807) is 12.1 Å². The van der Waals surface area contributed by atoms with E-state index in [4.69, 9.17) is 0 Å². The largest absolute Gasteiger partial charge is 0.416 e. The Kier molecular flexibility index (Phi) is 3.75. The maximum absolute atomic E-state index is 12.8. The second-order valence-electron chi connectivity index (χ2n) is 5.10. The first-order chi connectivity index (χ1) is 11.2. The maximum Gasteiger partial charge on any atom is 0.416 e. The number of hydrogen-bond acceptors (Lipinski definition) is 3. The number of sulfonamides is 1. The van der Waals surface area contributed by atoms with Crippen LogP contribution in [-0.2, 0) is 21.0 Å². The fourth-order valence-electron chi connectivity index (χ4n) is 2.38. The van der Waals surface area contributed by atoms with Gasteiger partial charge in [0.25, 0.3) is 10.0 Å². The molecule has 0 saturated heterocycles. The lowest BCUT2D eigenvalue weighted by molar-refractivity contribution is -0.137. The Labute approximate surface area is 135 Å². The smallest absolute Gasteiger partial charge is 0.323 e. The maximum atomic E-state index is 12.8. The van der Waals surface area contributed by atoms with Gasteiger partial charge in [0.15, 0.2) is 0 Å². The highest BCUT2D eigenvalue weighted by atomic mass is 32.2. The summed E-state index contributed by atoms with van der Waals surface area (Å²) in [5, 5.41) is 2.52. The predicted octanol–water partition coefficient (Wildman–Crippen LogP) is 2.85. The Morgan fingerprint density at radius 3 is 2.46 bits per heavy atom. The van der Waals surface area contributed by atoms with Gasteiger partial charge in [-0.2, -0.15) is 13.2 Å². The second-order valence-corrected chi connectivity index (χ2v) is 6.96. The zero-order valence-corrected chi connectivity index (χ0v) is 12.9. The number of alkyl halides is 3. The molecule has 0 aromatic heterocycles. The minimum Gasteiger partial charge on any atom is -0.323 e. The molecule has 0 spiro atoms. The fraction of sp³-hybridized carbons (Fsp3) is 0.133. The van der Waals surface area contributed by atoms with Crippen LogP contribution in [0.25, 0.3) is 0 Å². The quantitative estimate of drug-likeness (QED) is 0.900. The van der Waals surface area contributed by atoms with Crippen LogP contribution in [0.1, 0.15) is 5.56 Å². The normalized spacial score (nSPS) is 15.0. The van der Waals surface area contributed by atoms with Gasteiger partial charge in [-0.15, -0.1) is 0 Å². The Hall–Kier alpha value is -2.55. The van der Waals surface area contributed by atoms with Crippen molar-refractivity contribution in [1.29, 1.82) is 0 Å². The standard InChI is InChI=1S/C15H11F3N2O3S/c16-15(17,18)10-4-3-5-11(8-10)24(22,23)20-9-14(21)19-12-6-1-2-7-13(12)20/h1-8H,9H2,(H,19,21). The number of amides is 1. The Bertz CT molecular complexity index is 910. The molecule has 0 radical (unpaired) electrons. The van der Waals surface area contributed by atoms with Crippen LogP contribution in [0, 0.1) is 0 Å². The number of fused-ring (bicyclic) bond motifs is 1. The number of carbonyl (C=O) groups excluding carboxylic acids is 1. The van der Waals surface area contributed by atoms with Crippen molar-refractivity contribution >= 4 is 27.3 Å². The lowest BCUT2D eigenvalue weighted by Crippen LogP contribution is -2.42. The molecular formula is C15H11F3N2O3S. The van der Waals surface area contributed by atoms with Crippen molar-refractivity contribution in [2.45, 2.75) is 11.1 Å². The number of halogens is 3. The highest BCUT2D eigenvalue weighted by Gasteiger charge is 2.35. The first kappa shape index (κ1) is 16.3. The fourth-order valence-corrected chi connectivity index (χ4v) is 3.86. The average Bonchev–Trinajstić information content (AvgIpc) is 2.53. The molecule has 0 bridgehead atoms. The molecule has 9 heteroatoms. The zero-order valence-electron chi connectivity index (χ0n) is 12.0. The molecule has 5 nitrogen and oxygen atoms in total. The van der Waals surface area contributed by atoms with E-state index in [-0.39, 0.29) is 11.4 Å². The van der Waals surface area contributed by atoms with E-state index in [1.807, 2.05) is 0 Å². The number of hydrogen-bond donors (Lipinski definition) is 1. The van der Waals surface area contributed by atoms with Crippen LogP contribution >= 0.6 is 0 Å². The van der Waals surface area contributed by atoms with Crippen molar-refractivity contribution in [1.82, 2.24) is 0 Å². The van der Waals surface area contributed by atoms with E-state index >= 15 is 0 Å². The van der Waals surface area contributed by atoms with Gasteiger partial charge in [-0.25, -0.2) is 8.42 Å². The summed E-state index contributed by atoms with van der Waals surface area (Å²) < 4.78 is 64.8. The van der Waals surface area contributed by atoms with Crippen LogP contribution in [0.2, 0.25) is 0 Å². The molecule has 0 unspecified atom stereocenters. The van der Waals surface area contributed by atoms with E-state index in [9.17, 15) is 26.4 Å². The average molecular weight is 356 g/mol. The summed E-state index contributed by atoms with van der Waals surface area (Å²) in [5.41, 5.74) is -0.586. The van der Waals surface area contributed by atoms with Crippen molar-refractivity contribution in [3.63, 3.8) is 0 Å². The van der Waals surface area contributed by atoms with Crippen LogP contribution < -0.4 is 9.62 Å². The molecule has 1 N–H and O–H groups in total. The third-order valence-corrected chi connectivity index (χ3v) is 5.24. The summed E-state index contributed by atoms with van der Waals surface area (Å²) >= 11 is 0. The minimum absolute atomic E-state index is 0.203. The summed E-state index contributed by atoms with van der Waals surface area (Å²) in [6.45, 7) is -0.504. The van der Waals surface area contributed by atoms with Gasteiger partial charge in [0.1, 0.15) is 6.54 Å². The molecule has 126 valence electrons. The molecular weight excluding hydrogens is 345 g/mol. The number of para-hydroxylation sites is 2. The molecule has 24 heavy (non-hydrogen) atoms. The van der Waals surface area contributed by atoms with Crippen LogP contribution in [0.15, 0.2) is 53.4 Å². The first-order valence-electron chi connectivity index (χ1n) is 6.78. The van der Waals surface area contributed by atoms with Crippen LogP contribution in [0.4, 0.5) is 24.5 Å².